The Morgan fingerprint density at radius 3 is 3.05 bits per heavy atom. The van der Waals surface area contributed by atoms with E-state index in [9.17, 15) is 4.79 Å². The second-order valence-corrected chi connectivity index (χ2v) is 6.78. The first-order valence-corrected chi connectivity index (χ1v) is 8.04. The molecule has 3 aromatic heterocycles. The molecule has 0 saturated heterocycles. The van der Waals surface area contributed by atoms with Crippen LogP contribution < -0.4 is 0 Å². The molecule has 0 aromatic carbocycles. The second-order valence-electron chi connectivity index (χ2n) is 3.81. The lowest BCUT2D eigenvalue weighted by Crippen LogP contribution is -2.00. The van der Waals surface area contributed by atoms with Gasteiger partial charge in [-0.3, -0.25) is 4.79 Å². The third-order valence-electron chi connectivity index (χ3n) is 2.52. The Balaban J connectivity index is 1.93. The molecule has 0 radical (unpaired) electrons. The van der Waals surface area contributed by atoms with Gasteiger partial charge in [-0.05, 0) is 17.5 Å². The van der Waals surface area contributed by atoms with Crippen molar-refractivity contribution in [3.8, 4) is 10.7 Å². The van der Waals surface area contributed by atoms with Gasteiger partial charge in [-0.25, -0.2) is 0 Å². The van der Waals surface area contributed by atoms with Crippen molar-refractivity contribution in [2.24, 2.45) is 7.05 Å². The molecule has 0 aliphatic heterocycles. The van der Waals surface area contributed by atoms with Gasteiger partial charge in [-0.15, -0.1) is 32.9 Å². The molecule has 3 rings (SSSR count). The largest absolute Gasteiger partial charge is 0.481 e. The van der Waals surface area contributed by atoms with Crippen molar-refractivity contribution in [1.29, 1.82) is 0 Å². The number of carboxylic acids is 1. The summed E-state index contributed by atoms with van der Waals surface area (Å²) in [5.41, 5.74) is 0. The summed E-state index contributed by atoms with van der Waals surface area (Å²) in [7, 11) is 1.85. The molecule has 0 unspecified atom stereocenters. The Morgan fingerprint density at radius 1 is 1.47 bits per heavy atom. The fraction of sp³-hybridized carbons (Fsp3) is 0.182. The number of hydrogen-bond acceptors (Lipinski definition) is 6. The lowest BCUT2D eigenvalue weighted by molar-refractivity contribution is -0.133. The van der Waals surface area contributed by atoms with E-state index in [1.807, 2.05) is 11.6 Å². The molecular formula is C11H9N3O2S3. The molecule has 98 valence electrons. The van der Waals surface area contributed by atoms with Crippen LogP contribution in [-0.4, -0.2) is 31.6 Å². The normalized spacial score (nSPS) is 11.2. The molecule has 1 N–H and O–H groups in total. The van der Waals surface area contributed by atoms with E-state index in [4.69, 9.17) is 5.11 Å². The van der Waals surface area contributed by atoms with Crippen molar-refractivity contribution in [1.82, 2.24) is 14.8 Å². The number of thioether (sulfide) groups is 1. The minimum Gasteiger partial charge on any atom is -0.481 e. The number of fused-ring (bicyclic) bond motifs is 1. The van der Waals surface area contributed by atoms with Crippen molar-refractivity contribution in [3.05, 3.63) is 17.5 Å². The van der Waals surface area contributed by atoms with Crippen LogP contribution in [0.2, 0.25) is 0 Å². The van der Waals surface area contributed by atoms with Crippen LogP contribution >= 0.6 is 34.4 Å². The number of thiophene rings is 2. The van der Waals surface area contributed by atoms with E-state index >= 15 is 0 Å². The average Bonchev–Trinajstić information content (AvgIpc) is 2.99. The number of aromatic nitrogens is 3. The molecule has 19 heavy (non-hydrogen) atoms. The minimum absolute atomic E-state index is 0.00843. The third kappa shape index (κ3) is 2.38. The van der Waals surface area contributed by atoms with Crippen molar-refractivity contribution >= 4 is 49.8 Å². The predicted molar refractivity (Wildman–Crippen MR) is 78.1 cm³/mol. The minimum atomic E-state index is -0.855. The monoisotopic (exact) mass is 311 g/mol. The Morgan fingerprint density at radius 2 is 2.32 bits per heavy atom. The van der Waals surface area contributed by atoms with Gasteiger partial charge in [0.25, 0.3) is 0 Å². The van der Waals surface area contributed by atoms with Gasteiger partial charge in [-0.2, -0.15) is 0 Å². The summed E-state index contributed by atoms with van der Waals surface area (Å²) in [4.78, 5) is 11.6. The van der Waals surface area contributed by atoms with Crippen LogP contribution in [0, 0.1) is 0 Å². The Bertz CT molecular complexity index is 715. The number of carbonyl (C=O) groups is 1. The smallest absolute Gasteiger partial charge is 0.313 e. The maximum Gasteiger partial charge on any atom is 0.313 e. The van der Waals surface area contributed by atoms with E-state index in [1.165, 1.54) is 21.2 Å². The Hall–Kier alpha value is -1.38. The van der Waals surface area contributed by atoms with Crippen LogP contribution in [0.15, 0.2) is 22.7 Å². The van der Waals surface area contributed by atoms with Gasteiger partial charge >= 0.3 is 5.97 Å². The van der Waals surface area contributed by atoms with E-state index in [0.29, 0.717) is 5.16 Å². The Kier molecular flexibility index (Phi) is 3.29. The zero-order chi connectivity index (χ0) is 13.4. The number of carboxylic acid groups (broad SMARTS) is 1. The highest BCUT2D eigenvalue weighted by atomic mass is 32.2. The molecule has 0 amide bonds. The fourth-order valence-electron chi connectivity index (χ4n) is 1.66. The van der Waals surface area contributed by atoms with Gasteiger partial charge in [0, 0.05) is 16.4 Å². The zero-order valence-corrected chi connectivity index (χ0v) is 12.3. The maximum atomic E-state index is 10.6. The molecule has 3 aromatic rings. The number of rotatable bonds is 4. The lowest BCUT2D eigenvalue weighted by atomic mass is 10.4. The third-order valence-corrected chi connectivity index (χ3v) is 5.61. The Labute approximate surface area is 120 Å². The fourth-order valence-corrected chi connectivity index (χ4v) is 4.42. The van der Waals surface area contributed by atoms with Crippen molar-refractivity contribution in [2.45, 2.75) is 5.16 Å². The van der Waals surface area contributed by atoms with E-state index in [-0.39, 0.29) is 5.75 Å². The highest BCUT2D eigenvalue weighted by molar-refractivity contribution is 7.99. The number of hydrogen-bond donors (Lipinski definition) is 1. The molecular weight excluding hydrogens is 302 g/mol. The van der Waals surface area contributed by atoms with Crippen molar-refractivity contribution < 1.29 is 9.90 Å². The molecule has 0 spiro atoms. The van der Waals surface area contributed by atoms with E-state index < -0.39 is 5.97 Å². The standard InChI is InChI=1S/C11H9N3O2S3/c1-14-10(12-13-11(14)18-5-9(15)16)8-4-7-6(19-8)2-3-17-7/h2-4H,5H2,1H3,(H,15,16). The maximum absolute atomic E-state index is 10.6. The van der Waals surface area contributed by atoms with Gasteiger partial charge < -0.3 is 9.67 Å². The molecule has 3 heterocycles. The SMILES string of the molecule is Cn1c(SCC(=O)O)nnc1-c1cc2sccc2s1. The van der Waals surface area contributed by atoms with Crippen LogP contribution in [0.4, 0.5) is 0 Å². The zero-order valence-electron chi connectivity index (χ0n) is 9.86. The van der Waals surface area contributed by atoms with Crippen LogP contribution in [0.25, 0.3) is 20.1 Å². The van der Waals surface area contributed by atoms with Crippen LogP contribution in [0.3, 0.4) is 0 Å². The van der Waals surface area contributed by atoms with Gasteiger partial charge in [0.15, 0.2) is 11.0 Å². The van der Waals surface area contributed by atoms with Gasteiger partial charge in [0.1, 0.15) is 0 Å². The molecule has 8 heteroatoms. The summed E-state index contributed by atoms with van der Waals surface area (Å²) in [6, 6.07) is 4.19. The van der Waals surface area contributed by atoms with E-state index in [1.54, 1.807) is 22.7 Å². The molecule has 5 nitrogen and oxygen atoms in total. The van der Waals surface area contributed by atoms with Gasteiger partial charge in [-0.1, -0.05) is 11.8 Å². The summed E-state index contributed by atoms with van der Waals surface area (Å²) in [6.45, 7) is 0. The van der Waals surface area contributed by atoms with Crippen LogP contribution in [0.1, 0.15) is 0 Å². The topological polar surface area (TPSA) is 68.0 Å². The molecule has 0 atom stereocenters. The summed E-state index contributed by atoms with van der Waals surface area (Å²) in [5.74, 6) is -0.0848. The average molecular weight is 311 g/mol. The van der Waals surface area contributed by atoms with E-state index in [0.717, 1.165) is 10.7 Å². The predicted octanol–water partition coefficient (Wildman–Crippen LogP) is 2.94. The number of nitrogens with zero attached hydrogens (tertiary/aromatic N) is 3. The van der Waals surface area contributed by atoms with Crippen molar-refractivity contribution in [2.75, 3.05) is 5.75 Å². The summed E-state index contributed by atoms with van der Waals surface area (Å²) < 4.78 is 4.31. The molecule has 0 saturated carbocycles. The highest BCUT2D eigenvalue weighted by Crippen LogP contribution is 2.36. The summed E-state index contributed by atoms with van der Waals surface area (Å²) >= 11 is 4.55. The molecule has 0 fully saturated rings. The van der Waals surface area contributed by atoms with E-state index in [2.05, 4.69) is 27.7 Å². The first kappa shape index (κ1) is 12.6. The van der Waals surface area contributed by atoms with Crippen LogP contribution in [-0.2, 0) is 11.8 Å². The number of aliphatic carboxylic acids is 1. The second kappa shape index (κ2) is 4.95. The summed E-state index contributed by atoms with van der Waals surface area (Å²) in [5, 5.41) is 19.6. The summed E-state index contributed by atoms with van der Waals surface area (Å²) in [6.07, 6.45) is 0. The first-order valence-electron chi connectivity index (χ1n) is 5.36. The highest BCUT2D eigenvalue weighted by Gasteiger charge is 2.15. The molecule has 0 aliphatic carbocycles. The molecule has 0 aliphatic rings. The quantitative estimate of drug-likeness (QED) is 0.750. The molecule has 0 bridgehead atoms. The van der Waals surface area contributed by atoms with Gasteiger partial charge in [0.2, 0.25) is 0 Å². The van der Waals surface area contributed by atoms with Crippen LogP contribution in [0.5, 0.6) is 0 Å². The lowest BCUT2D eigenvalue weighted by Gasteiger charge is -2.00. The van der Waals surface area contributed by atoms with Crippen molar-refractivity contribution in [3.63, 3.8) is 0 Å². The van der Waals surface area contributed by atoms with Gasteiger partial charge in [0.05, 0.1) is 10.6 Å². The first-order chi connectivity index (χ1) is 9.15.